The van der Waals surface area contributed by atoms with Crippen molar-refractivity contribution in [1.82, 2.24) is 4.90 Å². The minimum absolute atomic E-state index is 0.0110. The van der Waals surface area contributed by atoms with Crippen LogP contribution in [0.15, 0.2) is 48.5 Å². The van der Waals surface area contributed by atoms with E-state index in [9.17, 15) is 4.79 Å². The van der Waals surface area contributed by atoms with E-state index >= 15 is 0 Å². The maximum Gasteiger partial charge on any atom is 0.238 e. The number of nitrogens with two attached hydrogens (primary N) is 1. The van der Waals surface area contributed by atoms with Gasteiger partial charge in [-0.1, -0.05) is 42.5 Å². The van der Waals surface area contributed by atoms with E-state index in [0.29, 0.717) is 19.6 Å². The topological polar surface area (TPSA) is 58.4 Å². The fourth-order valence-corrected chi connectivity index (χ4v) is 2.52. The van der Waals surface area contributed by atoms with Crippen molar-refractivity contribution in [2.75, 3.05) is 25.0 Å². The zero-order valence-corrected chi connectivity index (χ0v) is 13.9. The van der Waals surface area contributed by atoms with Gasteiger partial charge in [0.05, 0.1) is 6.54 Å². The number of rotatable bonds is 7. The smallest absolute Gasteiger partial charge is 0.238 e. The fourth-order valence-electron chi connectivity index (χ4n) is 2.52. The van der Waals surface area contributed by atoms with Gasteiger partial charge in [0.1, 0.15) is 0 Å². The third-order valence-corrected chi connectivity index (χ3v) is 3.94. The first-order chi connectivity index (χ1) is 11.1. The Morgan fingerprint density at radius 1 is 1.09 bits per heavy atom. The molecule has 0 aromatic heterocycles. The Hall–Kier alpha value is -2.17. The molecule has 0 heterocycles. The summed E-state index contributed by atoms with van der Waals surface area (Å²) in [6.07, 6.45) is 0. The zero-order chi connectivity index (χ0) is 16.7. The van der Waals surface area contributed by atoms with Crippen LogP contribution in [0, 0.1) is 13.8 Å². The van der Waals surface area contributed by atoms with Gasteiger partial charge in [0.2, 0.25) is 5.91 Å². The van der Waals surface area contributed by atoms with Crippen molar-refractivity contribution < 1.29 is 4.79 Å². The van der Waals surface area contributed by atoms with E-state index < -0.39 is 0 Å². The lowest BCUT2D eigenvalue weighted by molar-refractivity contribution is -0.117. The van der Waals surface area contributed by atoms with Crippen LogP contribution in [0.2, 0.25) is 0 Å². The molecule has 0 spiro atoms. The molecule has 2 rings (SSSR count). The highest BCUT2D eigenvalue weighted by molar-refractivity contribution is 5.93. The van der Waals surface area contributed by atoms with Gasteiger partial charge in [0, 0.05) is 25.3 Å². The number of hydrogen-bond donors (Lipinski definition) is 2. The molecule has 0 atom stereocenters. The van der Waals surface area contributed by atoms with Crippen LogP contribution in [-0.4, -0.2) is 30.4 Å². The second-order valence-electron chi connectivity index (χ2n) is 5.78. The molecule has 0 aliphatic heterocycles. The van der Waals surface area contributed by atoms with Crippen molar-refractivity contribution in [1.29, 1.82) is 0 Å². The summed E-state index contributed by atoms with van der Waals surface area (Å²) in [6, 6.07) is 16.1. The Balaban J connectivity index is 1.99. The predicted octanol–water partition coefficient (Wildman–Crippen LogP) is 2.70. The molecule has 0 fully saturated rings. The van der Waals surface area contributed by atoms with Crippen LogP contribution in [0.5, 0.6) is 0 Å². The number of benzene rings is 2. The molecular formula is C19H25N3O. The van der Waals surface area contributed by atoms with Gasteiger partial charge < -0.3 is 11.1 Å². The highest BCUT2D eigenvalue weighted by Gasteiger charge is 2.12. The first-order valence-corrected chi connectivity index (χ1v) is 7.92. The fraction of sp³-hybridized carbons (Fsp3) is 0.316. The maximum atomic E-state index is 12.4. The molecule has 4 nitrogen and oxygen atoms in total. The molecule has 2 aromatic rings. The van der Waals surface area contributed by atoms with Crippen molar-refractivity contribution in [2.45, 2.75) is 20.4 Å². The summed E-state index contributed by atoms with van der Waals surface area (Å²) in [6.45, 7) is 6.34. The highest BCUT2D eigenvalue weighted by atomic mass is 16.2. The minimum atomic E-state index is -0.0110. The van der Waals surface area contributed by atoms with Gasteiger partial charge in [0.15, 0.2) is 0 Å². The van der Waals surface area contributed by atoms with Gasteiger partial charge in [-0.15, -0.1) is 0 Å². The van der Waals surface area contributed by atoms with E-state index in [1.54, 1.807) is 0 Å². The molecule has 0 saturated carbocycles. The first-order valence-electron chi connectivity index (χ1n) is 7.92. The summed E-state index contributed by atoms with van der Waals surface area (Å²) >= 11 is 0. The minimum Gasteiger partial charge on any atom is -0.329 e. The van der Waals surface area contributed by atoms with Crippen LogP contribution in [0.25, 0.3) is 0 Å². The van der Waals surface area contributed by atoms with Crippen LogP contribution in [0.4, 0.5) is 5.69 Å². The normalized spacial score (nSPS) is 10.8. The van der Waals surface area contributed by atoms with Crippen molar-refractivity contribution in [2.24, 2.45) is 5.73 Å². The monoisotopic (exact) mass is 311 g/mol. The summed E-state index contributed by atoms with van der Waals surface area (Å²) in [5.74, 6) is -0.0110. The van der Waals surface area contributed by atoms with E-state index in [0.717, 1.165) is 17.8 Å². The maximum absolute atomic E-state index is 12.4. The average molecular weight is 311 g/mol. The Kier molecular flexibility index (Phi) is 6.32. The molecule has 0 aliphatic carbocycles. The number of anilines is 1. The van der Waals surface area contributed by atoms with Crippen LogP contribution in [0.1, 0.15) is 16.7 Å². The van der Waals surface area contributed by atoms with Gasteiger partial charge >= 0.3 is 0 Å². The molecule has 0 unspecified atom stereocenters. The lowest BCUT2D eigenvalue weighted by Crippen LogP contribution is -2.36. The van der Waals surface area contributed by atoms with Gasteiger partial charge in [-0.05, 0) is 36.6 Å². The summed E-state index contributed by atoms with van der Waals surface area (Å²) in [7, 11) is 0. The van der Waals surface area contributed by atoms with Crippen LogP contribution < -0.4 is 11.1 Å². The third kappa shape index (κ3) is 5.20. The molecular weight excluding hydrogens is 286 g/mol. The van der Waals surface area contributed by atoms with E-state index in [2.05, 4.69) is 22.3 Å². The number of nitrogens with one attached hydrogen (secondary N) is 1. The van der Waals surface area contributed by atoms with Crippen molar-refractivity contribution in [3.05, 3.63) is 65.2 Å². The van der Waals surface area contributed by atoms with Crippen LogP contribution in [-0.2, 0) is 11.3 Å². The first kappa shape index (κ1) is 17.2. The molecule has 0 saturated heterocycles. The number of carbonyl (C=O) groups excluding carboxylic acids is 1. The summed E-state index contributed by atoms with van der Waals surface area (Å²) in [5, 5.41) is 3.00. The van der Waals surface area contributed by atoms with Gasteiger partial charge in [-0.3, -0.25) is 9.69 Å². The molecule has 0 bridgehead atoms. The summed E-state index contributed by atoms with van der Waals surface area (Å²) in [4.78, 5) is 14.4. The molecule has 0 aliphatic rings. The lowest BCUT2D eigenvalue weighted by atomic mass is 10.1. The summed E-state index contributed by atoms with van der Waals surface area (Å²) < 4.78 is 0. The largest absolute Gasteiger partial charge is 0.329 e. The Morgan fingerprint density at radius 2 is 1.83 bits per heavy atom. The van der Waals surface area contributed by atoms with Crippen molar-refractivity contribution >= 4 is 11.6 Å². The van der Waals surface area contributed by atoms with Crippen LogP contribution >= 0.6 is 0 Å². The molecule has 4 heteroatoms. The third-order valence-electron chi connectivity index (χ3n) is 3.94. The number of aryl methyl sites for hydroxylation is 1. The second kappa shape index (κ2) is 8.46. The van der Waals surface area contributed by atoms with Crippen LogP contribution in [0.3, 0.4) is 0 Å². The molecule has 2 aromatic carbocycles. The molecule has 122 valence electrons. The molecule has 3 N–H and O–H groups in total. The quantitative estimate of drug-likeness (QED) is 0.826. The SMILES string of the molecule is Cc1cccc(NC(=O)CN(CCN)Cc2ccccc2)c1C. The highest BCUT2D eigenvalue weighted by Crippen LogP contribution is 2.17. The Bertz CT molecular complexity index is 640. The van der Waals surface area contributed by atoms with Gasteiger partial charge in [-0.2, -0.15) is 0 Å². The predicted molar refractivity (Wildman–Crippen MR) is 95.3 cm³/mol. The summed E-state index contributed by atoms with van der Waals surface area (Å²) in [5.41, 5.74) is 10.0. The average Bonchev–Trinajstić information content (AvgIpc) is 2.53. The van der Waals surface area contributed by atoms with Gasteiger partial charge in [0.25, 0.3) is 0 Å². The Morgan fingerprint density at radius 3 is 2.52 bits per heavy atom. The second-order valence-corrected chi connectivity index (χ2v) is 5.78. The zero-order valence-electron chi connectivity index (χ0n) is 13.9. The van der Waals surface area contributed by atoms with Crippen molar-refractivity contribution in [3.8, 4) is 0 Å². The Labute approximate surface area is 138 Å². The molecule has 1 amide bonds. The van der Waals surface area contributed by atoms with Gasteiger partial charge in [-0.25, -0.2) is 0 Å². The van der Waals surface area contributed by atoms with E-state index in [-0.39, 0.29) is 5.91 Å². The lowest BCUT2D eigenvalue weighted by Gasteiger charge is -2.21. The number of nitrogens with zero attached hydrogens (tertiary/aromatic N) is 1. The van der Waals surface area contributed by atoms with Crippen molar-refractivity contribution in [3.63, 3.8) is 0 Å². The number of hydrogen-bond acceptors (Lipinski definition) is 3. The van der Waals surface area contributed by atoms with E-state index in [1.165, 1.54) is 11.1 Å². The van der Waals surface area contributed by atoms with E-state index in [4.69, 9.17) is 5.73 Å². The molecule has 23 heavy (non-hydrogen) atoms. The standard InChI is InChI=1S/C19H25N3O/c1-15-7-6-10-18(16(15)2)21-19(23)14-22(12-11-20)13-17-8-4-3-5-9-17/h3-10H,11-14,20H2,1-2H3,(H,21,23). The van der Waals surface area contributed by atoms with E-state index in [1.807, 2.05) is 50.2 Å². The number of amides is 1. The molecule has 0 radical (unpaired) electrons. The number of carbonyl (C=O) groups is 1.